The van der Waals surface area contributed by atoms with Crippen molar-refractivity contribution in [3.8, 4) is 0 Å². The minimum absolute atomic E-state index is 0.0503. The molecule has 2 nitrogen and oxygen atoms in total. The van der Waals surface area contributed by atoms with Crippen LogP contribution in [-0.2, 0) is 9.53 Å². The number of hydrogen-bond donors (Lipinski definition) is 0. The monoisotopic (exact) mass is 222 g/mol. The molecule has 0 amide bonds. The van der Waals surface area contributed by atoms with Gasteiger partial charge in [-0.05, 0) is 56.3 Å². The van der Waals surface area contributed by atoms with Crippen LogP contribution in [0.1, 0.15) is 58.8 Å². The largest absolute Gasteiger partial charge is 0.459 e. The van der Waals surface area contributed by atoms with E-state index < -0.39 is 0 Å². The lowest BCUT2D eigenvalue weighted by Gasteiger charge is -2.47. The van der Waals surface area contributed by atoms with E-state index in [2.05, 4.69) is 13.8 Å². The normalized spacial score (nSPS) is 45.8. The summed E-state index contributed by atoms with van der Waals surface area (Å²) in [6.45, 7) is 4.65. The lowest BCUT2D eigenvalue weighted by Crippen LogP contribution is -2.49. The van der Waals surface area contributed by atoms with Crippen molar-refractivity contribution in [3.05, 3.63) is 0 Å². The van der Waals surface area contributed by atoms with Gasteiger partial charge in [-0.3, -0.25) is 4.79 Å². The first-order valence-corrected chi connectivity index (χ1v) is 6.74. The van der Waals surface area contributed by atoms with E-state index in [0.717, 1.165) is 25.7 Å². The van der Waals surface area contributed by atoms with Gasteiger partial charge in [-0.15, -0.1) is 0 Å². The summed E-state index contributed by atoms with van der Waals surface area (Å²) in [4.78, 5) is 12.0. The molecule has 0 aromatic carbocycles. The van der Waals surface area contributed by atoms with Gasteiger partial charge in [0.15, 0.2) is 0 Å². The van der Waals surface area contributed by atoms with E-state index in [4.69, 9.17) is 4.74 Å². The Balaban J connectivity index is 1.97. The van der Waals surface area contributed by atoms with Gasteiger partial charge in [-0.25, -0.2) is 0 Å². The maximum atomic E-state index is 12.0. The van der Waals surface area contributed by atoms with Crippen LogP contribution in [0, 0.1) is 17.3 Å². The zero-order valence-corrected chi connectivity index (χ0v) is 10.4. The first-order valence-electron chi connectivity index (χ1n) is 6.74. The van der Waals surface area contributed by atoms with Gasteiger partial charge in [0.25, 0.3) is 0 Å². The second kappa shape index (κ2) is 3.24. The molecule has 90 valence electrons. The second-order valence-electron chi connectivity index (χ2n) is 6.88. The third-order valence-electron chi connectivity index (χ3n) is 5.05. The van der Waals surface area contributed by atoms with Crippen LogP contribution in [0.3, 0.4) is 0 Å². The Kier molecular flexibility index (Phi) is 2.15. The van der Waals surface area contributed by atoms with Crippen LogP contribution in [0.25, 0.3) is 0 Å². The number of esters is 1. The summed E-state index contributed by atoms with van der Waals surface area (Å²) in [6, 6.07) is 0. The van der Waals surface area contributed by atoms with Crippen LogP contribution >= 0.6 is 0 Å². The molecule has 0 radical (unpaired) electrons. The van der Waals surface area contributed by atoms with Crippen LogP contribution in [0.15, 0.2) is 0 Å². The van der Waals surface area contributed by atoms with E-state index in [-0.39, 0.29) is 17.5 Å². The molecule has 2 aliphatic carbocycles. The number of rotatable bonds is 0. The van der Waals surface area contributed by atoms with Crippen molar-refractivity contribution in [2.75, 3.05) is 0 Å². The minimum atomic E-state index is -0.0503. The Hall–Kier alpha value is -0.530. The van der Waals surface area contributed by atoms with E-state index >= 15 is 0 Å². The maximum absolute atomic E-state index is 12.0. The predicted octanol–water partition coefficient (Wildman–Crippen LogP) is 3.30. The Morgan fingerprint density at radius 1 is 1.19 bits per heavy atom. The van der Waals surface area contributed by atoms with E-state index in [9.17, 15) is 4.79 Å². The molecule has 0 unspecified atom stereocenters. The number of ether oxygens (including phenoxy) is 1. The summed E-state index contributed by atoms with van der Waals surface area (Å²) < 4.78 is 5.86. The zero-order valence-electron chi connectivity index (χ0n) is 10.4. The highest BCUT2D eigenvalue weighted by molar-refractivity contribution is 5.74. The molecule has 4 aliphatic rings. The minimum Gasteiger partial charge on any atom is -0.459 e. The molecule has 2 saturated heterocycles. The molecule has 0 aromatic rings. The molecule has 2 heterocycles. The van der Waals surface area contributed by atoms with E-state index in [0.29, 0.717) is 11.3 Å². The third kappa shape index (κ3) is 1.49. The lowest BCUT2D eigenvalue weighted by atomic mass is 9.66. The zero-order chi connectivity index (χ0) is 11.4. The van der Waals surface area contributed by atoms with Crippen molar-refractivity contribution in [3.63, 3.8) is 0 Å². The summed E-state index contributed by atoms with van der Waals surface area (Å²) in [5, 5.41) is 0. The van der Waals surface area contributed by atoms with Crippen molar-refractivity contribution in [2.45, 2.75) is 64.4 Å². The van der Waals surface area contributed by atoms with Gasteiger partial charge in [0.2, 0.25) is 0 Å². The van der Waals surface area contributed by atoms with Gasteiger partial charge in [0.05, 0.1) is 5.92 Å². The average molecular weight is 222 g/mol. The predicted molar refractivity (Wildman–Crippen MR) is 61.9 cm³/mol. The van der Waals surface area contributed by atoms with Crippen molar-refractivity contribution >= 4 is 5.97 Å². The maximum Gasteiger partial charge on any atom is 0.309 e. The third-order valence-corrected chi connectivity index (χ3v) is 5.05. The molecule has 3 atom stereocenters. The smallest absolute Gasteiger partial charge is 0.309 e. The Morgan fingerprint density at radius 3 is 2.75 bits per heavy atom. The van der Waals surface area contributed by atoms with Gasteiger partial charge in [0.1, 0.15) is 5.60 Å². The summed E-state index contributed by atoms with van der Waals surface area (Å²) in [7, 11) is 0. The van der Waals surface area contributed by atoms with Crippen molar-refractivity contribution in [1.29, 1.82) is 0 Å². The van der Waals surface area contributed by atoms with Crippen molar-refractivity contribution < 1.29 is 9.53 Å². The highest BCUT2D eigenvalue weighted by Crippen LogP contribution is 2.54. The molecule has 16 heavy (non-hydrogen) atoms. The molecule has 0 aromatic heterocycles. The first-order chi connectivity index (χ1) is 7.51. The van der Waals surface area contributed by atoms with Gasteiger partial charge in [-0.1, -0.05) is 13.8 Å². The summed E-state index contributed by atoms with van der Waals surface area (Å²) >= 11 is 0. The highest BCUT2D eigenvalue weighted by Gasteiger charge is 2.53. The van der Waals surface area contributed by atoms with Crippen molar-refractivity contribution in [1.82, 2.24) is 0 Å². The van der Waals surface area contributed by atoms with Crippen LogP contribution in [-0.4, -0.2) is 11.6 Å². The summed E-state index contributed by atoms with van der Waals surface area (Å²) in [5.74, 6) is 0.917. The summed E-state index contributed by atoms with van der Waals surface area (Å²) in [6.07, 6.45) is 8.10. The number of hydrogen-bond acceptors (Lipinski definition) is 2. The van der Waals surface area contributed by atoms with E-state index in [1.54, 1.807) is 0 Å². The Morgan fingerprint density at radius 2 is 2.00 bits per heavy atom. The van der Waals surface area contributed by atoms with Crippen LogP contribution in [0.2, 0.25) is 0 Å². The van der Waals surface area contributed by atoms with Gasteiger partial charge < -0.3 is 4.74 Å². The fourth-order valence-electron chi connectivity index (χ4n) is 4.34. The quantitative estimate of drug-likeness (QED) is 0.588. The molecule has 2 saturated carbocycles. The van der Waals surface area contributed by atoms with E-state index in [1.807, 2.05) is 0 Å². The van der Waals surface area contributed by atoms with Gasteiger partial charge >= 0.3 is 5.97 Å². The molecular weight excluding hydrogens is 200 g/mol. The Bertz CT molecular complexity index is 321. The van der Waals surface area contributed by atoms with Gasteiger partial charge in [0, 0.05) is 0 Å². The highest BCUT2D eigenvalue weighted by atomic mass is 16.6. The van der Waals surface area contributed by atoms with Crippen molar-refractivity contribution in [2.24, 2.45) is 17.3 Å². The fraction of sp³-hybridized carbons (Fsp3) is 0.929. The van der Waals surface area contributed by atoms with Crippen LogP contribution in [0.5, 0.6) is 0 Å². The molecule has 2 aliphatic heterocycles. The van der Waals surface area contributed by atoms with Crippen LogP contribution in [0.4, 0.5) is 0 Å². The molecule has 2 heteroatoms. The molecule has 1 spiro atoms. The molecule has 4 rings (SSSR count). The number of carbonyl (C=O) groups is 1. The average Bonchev–Trinajstić information content (AvgIpc) is 2.51. The number of fused-ring (bicyclic) bond motifs is 4. The molecular formula is C14H22O2. The SMILES string of the molecule is CC1(C)C[C@H]2CC[C@]3(CCC[C@@H]3C1)OC2=O. The molecule has 0 N–H and O–H groups in total. The topological polar surface area (TPSA) is 26.3 Å². The van der Waals surface area contributed by atoms with Gasteiger partial charge in [-0.2, -0.15) is 0 Å². The standard InChI is InChI=1S/C14H22O2/c1-13(2)8-10-5-7-14(16-12(10)15)6-3-4-11(14)9-13/h10-11H,3-9H2,1-2H3/t10-,11-,14+/m1/s1. The number of carbonyl (C=O) groups excluding carboxylic acids is 1. The second-order valence-corrected chi connectivity index (χ2v) is 6.88. The summed E-state index contributed by atoms with van der Waals surface area (Å²) in [5.41, 5.74) is 0.274. The molecule has 4 fully saturated rings. The first kappa shape index (κ1) is 10.6. The van der Waals surface area contributed by atoms with E-state index in [1.165, 1.54) is 19.3 Å². The Labute approximate surface area is 97.7 Å². The lowest BCUT2D eigenvalue weighted by molar-refractivity contribution is -0.188. The van der Waals surface area contributed by atoms with Crippen LogP contribution < -0.4 is 0 Å². The fourth-order valence-corrected chi connectivity index (χ4v) is 4.34. The molecule has 2 bridgehead atoms.